The fourth-order valence-electron chi connectivity index (χ4n) is 2.85. The summed E-state index contributed by atoms with van der Waals surface area (Å²) in [4.78, 5) is 15.1. The molecule has 1 aromatic carbocycles. The maximum absolute atomic E-state index is 11.0. The molecular weight excluding hydrogens is 270 g/mol. The Bertz CT molecular complexity index is 517. The number of nitro benzene ring substituents is 1. The van der Waals surface area contributed by atoms with Gasteiger partial charge in [-0.2, -0.15) is 0 Å². The number of hydrogen-bond donors (Lipinski definition) is 1. The number of piperazine rings is 1. The van der Waals surface area contributed by atoms with Crippen molar-refractivity contribution in [2.75, 3.05) is 37.6 Å². The Morgan fingerprint density at radius 1 is 1.29 bits per heavy atom. The normalized spacial score (nSPS) is 17.0. The van der Waals surface area contributed by atoms with Crippen LogP contribution in [0.25, 0.3) is 0 Å². The van der Waals surface area contributed by atoms with E-state index in [-0.39, 0.29) is 10.6 Å². The first kappa shape index (κ1) is 15.7. The standard InChI is InChI=1S/C15H23N3O3/c1-12-13(5-4-6-14(12)18(20)21)17-9-7-16(8-10-17)11-15(2,3)19/h4-6,19H,7-11H2,1-3H3. The molecule has 21 heavy (non-hydrogen) atoms. The summed E-state index contributed by atoms with van der Waals surface area (Å²) in [6, 6.07) is 5.22. The molecule has 0 radical (unpaired) electrons. The molecule has 6 heteroatoms. The van der Waals surface area contributed by atoms with Crippen molar-refractivity contribution in [3.63, 3.8) is 0 Å². The lowest BCUT2D eigenvalue weighted by molar-refractivity contribution is -0.385. The molecule has 1 aliphatic rings. The summed E-state index contributed by atoms with van der Waals surface area (Å²) in [7, 11) is 0. The number of benzene rings is 1. The van der Waals surface area contributed by atoms with Gasteiger partial charge < -0.3 is 10.0 Å². The molecular formula is C15H23N3O3. The molecule has 0 saturated carbocycles. The van der Waals surface area contributed by atoms with Gasteiger partial charge in [0.05, 0.1) is 16.1 Å². The third kappa shape index (κ3) is 3.92. The summed E-state index contributed by atoms with van der Waals surface area (Å²) < 4.78 is 0. The quantitative estimate of drug-likeness (QED) is 0.677. The van der Waals surface area contributed by atoms with Gasteiger partial charge in [-0.05, 0) is 26.8 Å². The number of β-amino-alcohol motifs (C(OH)–C–C–N with tert-alkyl or cyclic N) is 1. The summed E-state index contributed by atoms with van der Waals surface area (Å²) in [6.45, 7) is 9.41. The van der Waals surface area contributed by atoms with Crippen LogP contribution in [0.5, 0.6) is 0 Å². The summed E-state index contributed by atoms with van der Waals surface area (Å²) in [5.41, 5.74) is 1.14. The molecule has 116 valence electrons. The van der Waals surface area contributed by atoms with Crippen molar-refractivity contribution in [1.29, 1.82) is 0 Å². The summed E-state index contributed by atoms with van der Waals surface area (Å²) in [5, 5.41) is 20.9. The summed E-state index contributed by atoms with van der Waals surface area (Å²) in [6.07, 6.45) is 0. The van der Waals surface area contributed by atoms with Crippen LogP contribution in [-0.4, -0.2) is 53.3 Å². The minimum atomic E-state index is -0.691. The molecule has 0 spiro atoms. The Morgan fingerprint density at radius 3 is 2.43 bits per heavy atom. The zero-order valence-corrected chi connectivity index (χ0v) is 12.9. The second-order valence-electron chi connectivity index (χ2n) is 6.25. The topological polar surface area (TPSA) is 69.8 Å². The van der Waals surface area contributed by atoms with Gasteiger partial charge in [0.25, 0.3) is 5.69 Å². The minimum Gasteiger partial charge on any atom is -0.389 e. The SMILES string of the molecule is Cc1c(N2CCN(CC(C)(C)O)CC2)cccc1[N+](=O)[O-]. The van der Waals surface area contributed by atoms with E-state index < -0.39 is 5.60 Å². The van der Waals surface area contributed by atoms with Gasteiger partial charge >= 0.3 is 0 Å². The third-order valence-corrected chi connectivity index (χ3v) is 3.80. The number of rotatable bonds is 4. The van der Waals surface area contributed by atoms with Gasteiger partial charge in [0.1, 0.15) is 0 Å². The van der Waals surface area contributed by atoms with Gasteiger partial charge in [-0.1, -0.05) is 6.07 Å². The number of hydrogen-bond acceptors (Lipinski definition) is 5. The van der Waals surface area contributed by atoms with Crippen molar-refractivity contribution in [3.05, 3.63) is 33.9 Å². The van der Waals surface area contributed by atoms with Crippen molar-refractivity contribution in [1.82, 2.24) is 4.90 Å². The Morgan fingerprint density at radius 2 is 1.90 bits per heavy atom. The first-order valence-electron chi connectivity index (χ1n) is 7.21. The first-order chi connectivity index (χ1) is 9.78. The maximum Gasteiger partial charge on any atom is 0.274 e. The molecule has 0 amide bonds. The fourth-order valence-corrected chi connectivity index (χ4v) is 2.85. The van der Waals surface area contributed by atoms with Gasteiger partial charge in [-0.3, -0.25) is 15.0 Å². The van der Waals surface area contributed by atoms with Crippen LogP contribution >= 0.6 is 0 Å². The highest BCUT2D eigenvalue weighted by atomic mass is 16.6. The van der Waals surface area contributed by atoms with E-state index in [2.05, 4.69) is 9.80 Å². The van der Waals surface area contributed by atoms with E-state index in [1.165, 1.54) is 0 Å². The van der Waals surface area contributed by atoms with Crippen molar-refractivity contribution in [3.8, 4) is 0 Å². The van der Waals surface area contributed by atoms with Crippen LogP contribution in [0, 0.1) is 17.0 Å². The number of nitrogens with zero attached hydrogens (tertiary/aromatic N) is 3. The Hall–Kier alpha value is -1.66. The highest BCUT2D eigenvalue weighted by Crippen LogP contribution is 2.29. The van der Waals surface area contributed by atoms with Gasteiger partial charge in [0, 0.05) is 44.5 Å². The average Bonchev–Trinajstić information content (AvgIpc) is 2.38. The van der Waals surface area contributed by atoms with Crippen LogP contribution in [0.4, 0.5) is 11.4 Å². The minimum absolute atomic E-state index is 0.173. The van der Waals surface area contributed by atoms with Gasteiger partial charge in [-0.25, -0.2) is 0 Å². The lowest BCUT2D eigenvalue weighted by atomic mass is 10.1. The molecule has 0 unspecified atom stereocenters. The summed E-state index contributed by atoms with van der Waals surface area (Å²) >= 11 is 0. The van der Waals surface area contributed by atoms with E-state index in [0.717, 1.165) is 37.4 Å². The molecule has 0 atom stereocenters. The largest absolute Gasteiger partial charge is 0.389 e. The summed E-state index contributed by atoms with van der Waals surface area (Å²) in [5.74, 6) is 0. The van der Waals surface area contributed by atoms with E-state index in [1.807, 2.05) is 19.9 Å². The third-order valence-electron chi connectivity index (χ3n) is 3.80. The average molecular weight is 293 g/mol. The molecule has 0 aliphatic carbocycles. The molecule has 1 N–H and O–H groups in total. The van der Waals surface area contributed by atoms with Gasteiger partial charge in [0.2, 0.25) is 0 Å². The van der Waals surface area contributed by atoms with Crippen LogP contribution in [0.2, 0.25) is 0 Å². The van der Waals surface area contributed by atoms with E-state index in [1.54, 1.807) is 19.1 Å². The maximum atomic E-state index is 11.0. The smallest absolute Gasteiger partial charge is 0.274 e. The molecule has 1 heterocycles. The Kier molecular flexibility index (Phi) is 4.49. The van der Waals surface area contributed by atoms with Crippen LogP contribution in [0.1, 0.15) is 19.4 Å². The monoisotopic (exact) mass is 293 g/mol. The molecule has 0 bridgehead atoms. The highest BCUT2D eigenvalue weighted by Gasteiger charge is 2.24. The second-order valence-corrected chi connectivity index (χ2v) is 6.25. The van der Waals surface area contributed by atoms with Crippen LogP contribution in [0.15, 0.2) is 18.2 Å². The molecule has 6 nitrogen and oxygen atoms in total. The first-order valence-corrected chi connectivity index (χ1v) is 7.21. The van der Waals surface area contributed by atoms with Crippen molar-refractivity contribution >= 4 is 11.4 Å². The van der Waals surface area contributed by atoms with Gasteiger partial charge in [-0.15, -0.1) is 0 Å². The lowest BCUT2D eigenvalue weighted by Gasteiger charge is -2.38. The number of anilines is 1. The predicted molar refractivity (Wildman–Crippen MR) is 82.8 cm³/mol. The van der Waals surface area contributed by atoms with E-state index >= 15 is 0 Å². The van der Waals surface area contributed by atoms with Crippen molar-refractivity contribution < 1.29 is 10.0 Å². The molecule has 0 aromatic heterocycles. The lowest BCUT2D eigenvalue weighted by Crippen LogP contribution is -2.50. The van der Waals surface area contributed by atoms with E-state index in [9.17, 15) is 15.2 Å². The zero-order valence-electron chi connectivity index (χ0n) is 12.9. The molecule has 1 fully saturated rings. The molecule has 1 aromatic rings. The van der Waals surface area contributed by atoms with Crippen LogP contribution in [-0.2, 0) is 0 Å². The number of nitro groups is 1. The van der Waals surface area contributed by atoms with Crippen LogP contribution < -0.4 is 4.90 Å². The van der Waals surface area contributed by atoms with Crippen molar-refractivity contribution in [2.24, 2.45) is 0 Å². The fraction of sp³-hybridized carbons (Fsp3) is 0.600. The van der Waals surface area contributed by atoms with Gasteiger partial charge in [0.15, 0.2) is 0 Å². The molecule has 2 rings (SSSR count). The Labute approximate surface area is 125 Å². The van der Waals surface area contributed by atoms with E-state index in [4.69, 9.17) is 0 Å². The Balaban J connectivity index is 2.06. The van der Waals surface area contributed by atoms with E-state index in [0.29, 0.717) is 6.54 Å². The second kappa shape index (κ2) is 5.99. The van der Waals surface area contributed by atoms with Crippen molar-refractivity contribution in [2.45, 2.75) is 26.4 Å². The predicted octanol–water partition coefficient (Wildman–Crippen LogP) is 1.80. The molecule has 1 aliphatic heterocycles. The zero-order chi connectivity index (χ0) is 15.6. The van der Waals surface area contributed by atoms with Crippen LogP contribution in [0.3, 0.4) is 0 Å². The number of aliphatic hydroxyl groups is 1. The highest BCUT2D eigenvalue weighted by molar-refractivity contribution is 5.61. The molecule has 1 saturated heterocycles.